The molecule has 1 saturated heterocycles. The first-order valence-corrected chi connectivity index (χ1v) is 7.33. The van der Waals surface area contributed by atoms with E-state index >= 15 is 0 Å². The highest BCUT2D eigenvalue weighted by atomic mass is 16.2. The number of unbranched alkanes of at least 4 members (excludes halogenated alkanes) is 1. The number of amides is 2. The summed E-state index contributed by atoms with van der Waals surface area (Å²) in [6, 6.07) is -0.144. The van der Waals surface area contributed by atoms with E-state index < -0.39 is 0 Å². The molecule has 1 heterocycles. The highest BCUT2D eigenvalue weighted by Crippen LogP contribution is 2.18. The van der Waals surface area contributed by atoms with Crippen molar-refractivity contribution in [2.75, 3.05) is 26.7 Å². The molecule has 0 aromatic carbocycles. The summed E-state index contributed by atoms with van der Waals surface area (Å²) < 4.78 is 0. The molecule has 1 fully saturated rings. The van der Waals surface area contributed by atoms with Gasteiger partial charge in [0, 0.05) is 25.6 Å². The van der Waals surface area contributed by atoms with Gasteiger partial charge < -0.3 is 15.5 Å². The van der Waals surface area contributed by atoms with Crippen molar-refractivity contribution in [2.24, 2.45) is 5.92 Å². The van der Waals surface area contributed by atoms with E-state index in [4.69, 9.17) is 0 Å². The second-order valence-corrected chi connectivity index (χ2v) is 5.25. The molecule has 0 bridgehead atoms. The topological polar surface area (TPSA) is 61.4 Å². The van der Waals surface area contributed by atoms with E-state index in [1.807, 2.05) is 11.8 Å². The van der Waals surface area contributed by atoms with Crippen LogP contribution < -0.4 is 10.6 Å². The average Bonchev–Trinajstić information content (AvgIpc) is 2.46. The summed E-state index contributed by atoms with van der Waals surface area (Å²) in [7, 11) is 1.79. The van der Waals surface area contributed by atoms with Crippen LogP contribution in [0.1, 0.15) is 39.5 Å². The lowest BCUT2D eigenvalue weighted by atomic mass is 9.95. The standard InChI is InChI=1S/C14H27N3O2/c1-4-5-8-16-13(18)12-6-9-17(10-7-12)14(19)11(2)15-3/h11-12,15H,4-10H2,1-3H3,(H,16,18). The number of nitrogens with zero attached hydrogens (tertiary/aromatic N) is 1. The molecule has 0 spiro atoms. The molecule has 0 radical (unpaired) electrons. The molecule has 2 N–H and O–H groups in total. The third kappa shape index (κ3) is 4.82. The number of likely N-dealkylation sites (N-methyl/N-ethyl adjacent to an activating group) is 1. The van der Waals surface area contributed by atoms with Gasteiger partial charge in [-0.1, -0.05) is 13.3 Å². The molecule has 0 saturated carbocycles. The van der Waals surface area contributed by atoms with E-state index in [1.54, 1.807) is 7.05 Å². The van der Waals surface area contributed by atoms with Crippen LogP contribution in [-0.4, -0.2) is 49.4 Å². The number of hydrogen-bond donors (Lipinski definition) is 2. The molecule has 1 unspecified atom stereocenters. The van der Waals surface area contributed by atoms with Crippen molar-refractivity contribution in [1.29, 1.82) is 0 Å². The average molecular weight is 269 g/mol. The minimum atomic E-state index is -0.144. The quantitative estimate of drug-likeness (QED) is 0.700. The maximum Gasteiger partial charge on any atom is 0.239 e. The minimum Gasteiger partial charge on any atom is -0.356 e. The fourth-order valence-electron chi connectivity index (χ4n) is 2.29. The fraction of sp³-hybridized carbons (Fsp3) is 0.857. The Labute approximate surface area is 116 Å². The molecule has 110 valence electrons. The van der Waals surface area contributed by atoms with Gasteiger partial charge in [-0.15, -0.1) is 0 Å². The first-order valence-electron chi connectivity index (χ1n) is 7.33. The van der Waals surface area contributed by atoms with Crippen LogP contribution in [0.25, 0.3) is 0 Å². The molecular formula is C14H27N3O2. The van der Waals surface area contributed by atoms with E-state index in [-0.39, 0.29) is 23.8 Å². The molecule has 5 nitrogen and oxygen atoms in total. The normalized spacial score (nSPS) is 18.2. The molecular weight excluding hydrogens is 242 g/mol. The number of hydrogen-bond acceptors (Lipinski definition) is 3. The van der Waals surface area contributed by atoms with Crippen molar-refractivity contribution in [2.45, 2.75) is 45.6 Å². The molecule has 0 aromatic rings. The monoisotopic (exact) mass is 269 g/mol. The summed E-state index contributed by atoms with van der Waals surface area (Å²) in [6.45, 7) is 6.13. The van der Waals surface area contributed by atoms with Crippen LogP contribution in [0.2, 0.25) is 0 Å². The largest absolute Gasteiger partial charge is 0.356 e. The lowest BCUT2D eigenvalue weighted by Gasteiger charge is -2.33. The van der Waals surface area contributed by atoms with Crippen molar-refractivity contribution in [3.05, 3.63) is 0 Å². The number of nitrogens with one attached hydrogen (secondary N) is 2. The molecule has 2 amide bonds. The SMILES string of the molecule is CCCCNC(=O)C1CCN(C(=O)C(C)NC)CC1. The van der Waals surface area contributed by atoms with E-state index in [1.165, 1.54) is 0 Å². The van der Waals surface area contributed by atoms with Crippen molar-refractivity contribution in [3.63, 3.8) is 0 Å². The Morgan fingerprint density at radius 2 is 1.95 bits per heavy atom. The molecule has 1 aliphatic rings. The summed E-state index contributed by atoms with van der Waals surface area (Å²) in [5, 5.41) is 5.94. The van der Waals surface area contributed by atoms with Crippen molar-refractivity contribution < 1.29 is 9.59 Å². The maximum absolute atomic E-state index is 12.0. The van der Waals surface area contributed by atoms with Crippen LogP contribution in [0.3, 0.4) is 0 Å². The van der Waals surface area contributed by atoms with E-state index in [0.29, 0.717) is 13.1 Å². The van der Waals surface area contributed by atoms with Gasteiger partial charge in [0.05, 0.1) is 6.04 Å². The van der Waals surface area contributed by atoms with Gasteiger partial charge in [0.2, 0.25) is 11.8 Å². The van der Waals surface area contributed by atoms with E-state index in [0.717, 1.165) is 32.2 Å². The summed E-state index contributed by atoms with van der Waals surface area (Å²) >= 11 is 0. The van der Waals surface area contributed by atoms with Gasteiger partial charge in [-0.2, -0.15) is 0 Å². The smallest absolute Gasteiger partial charge is 0.239 e. The number of rotatable bonds is 6. The Bertz CT molecular complexity index is 299. The van der Waals surface area contributed by atoms with Gasteiger partial charge in [0.25, 0.3) is 0 Å². The maximum atomic E-state index is 12.0. The Hall–Kier alpha value is -1.10. The Kier molecular flexibility index (Phi) is 6.84. The van der Waals surface area contributed by atoms with Crippen LogP contribution in [-0.2, 0) is 9.59 Å². The minimum absolute atomic E-state index is 0.0748. The molecule has 1 rings (SSSR count). The zero-order chi connectivity index (χ0) is 14.3. The number of piperidine rings is 1. The van der Waals surface area contributed by atoms with Crippen molar-refractivity contribution >= 4 is 11.8 Å². The lowest BCUT2D eigenvalue weighted by Crippen LogP contribution is -2.48. The van der Waals surface area contributed by atoms with Crippen LogP contribution in [0.5, 0.6) is 0 Å². The second kappa shape index (κ2) is 8.15. The van der Waals surface area contributed by atoms with Gasteiger partial charge in [0.15, 0.2) is 0 Å². The highest BCUT2D eigenvalue weighted by molar-refractivity contribution is 5.82. The predicted molar refractivity (Wildman–Crippen MR) is 75.7 cm³/mol. The van der Waals surface area contributed by atoms with E-state index in [9.17, 15) is 9.59 Å². The summed E-state index contributed by atoms with van der Waals surface area (Å²) in [6.07, 6.45) is 3.68. The zero-order valence-corrected chi connectivity index (χ0v) is 12.4. The van der Waals surface area contributed by atoms with Gasteiger partial charge >= 0.3 is 0 Å². The lowest BCUT2D eigenvalue weighted by molar-refractivity contribution is -0.136. The first kappa shape index (κ1) is 16.0. The Morgan fingerprint density at radius 3 is 2.47 bits per heavy atom. The molecule has 1 atom stereocenters. The number of likely N-dealkylation sites (tertiary alicyclic amines) is 1. The first-order chi connectivity index (χ1) is 9.10. The molecule has 5 heteroatoms. The van der Waals surface area contributed by atoms with Crippen molar-refractivity contribution in [1.82, 2.24) is 15.5 Å². The molecule has 1 aliphatic heterocycles. The number of carbonyl (C=O) groups is 2. The third-order valence-corrected chi connectivity index (χ3v) is 3.81. The number of carbonyl (C=O) groups excluding carboxylic acids is 2. The third-order valence-electron chi connectivity index (χ3n) is 3.81. The summed E-state index contributed by atoms with van der Waals surface area (Å²) in [5.41, 5.74) is 0. The summed E-state index contributed by atoms with van der Waals surface area (Å²) in [4.78, 5) is 25.8. The zero-order valence-electron chi connectivity index (χ0n) is 12.4. The molecule has 0 aromatic heterocycles. The van der Waals surface area contributed by atoms with Crippen LogP contribution >= 0.6 is 0 Å². The predicted octanol–water partition coefficient (Wildman–Crippen LogP) is 0.749. The second-order valence-electron chi connectivity index (χ2n) is 5.25. The molecule has 0 aliphatic carbocycles. The van der Waals surface area contributed by atoms with Gasteiger partial charge in [0.1, 0.15) is 0 Å². The molecule has 19 heavy (non-hydrogen) atoms. The van der Waals surface area contributed by atoms with Crippen LogP contribution in [0.4, 0.5) is 0 Å². The fourth-order valence-corrected chi connectivity index (χ4v) is 2.29. The van der Waals surface area contributed by atoms with Gasteiger partial charge in [-0.25, -0.2) is 0 Å². The van der Waals surface area contributed by atoms with Gasteiger partial charge in [-0.3, -0.25) is 9.59 Å². The van der Waals surface area contributed by atoms with Crippen molar-refractivity contribution in [3.8, 4) is 0 Å². The van der Waals surface area contributed by atoms with E-state index in [2.05, 4.69) is 17.6 Å². The van der Waals surface area contributed by atoms with Crippen LogP contribution in [0, 0.1) is 5.92 Å². The van der Waals surface area contributed by atoms with Gasteiger partial charge in [-0.05, 0) is 33.2 Å². The van der Waals surface area contributed by atoms with Crippen LogP contribution in [0.15, 0.2) is 0 Å². The Balaban J connectivity index is 2.32. The highest BCUT2D eigenvalue weighted by Gasteiger charge is 2.28. The Morgan fingerprint density at radius 1 is 1.32 bits per heavy atom. The summed E-state index contributed by atoms with van der Waals surface area (Å²) in [5.74, 6) is 0.361.